The molecular weight excluding hydrogens is 202 g/mol. The van der Waals surface area contributed by atoms with Crippen LogP contribution in [0.15, 0.2) is 24.3 Å². The van der Waals surface area contributed by atoms with Crippen molar-refractivity contribution in [2.75, 3.05) is 6.54 Å². The second-order valence-corrected chi connectivity index (χ2v) is 3.99. The third-order valence-electron chi connectivity index (χ3n) is 2.58. The van der Waals surface area contributed by atoms with Gasteiger partial charge in [-0.05, 0) is 24.5 Å². The summed E-state index contributed by atoms with van der Waals surface area (Å²) < 4.78 is 0. The van der Waals surface area contributed by atoms with Crippen LogP contribution >= 0.6 is 0 Å². The maximum absolute atomic E-state index is 10.4. The van der Waals surface area contributed by atoms with Crippen LogP contribution in [0.1, 0.15) is 37.4 Å². The summed E-state index contributed by atoms with van der Waals surface area (Å²) in [6, 6.07) is 8.41. The lowest BCUT2D eigenvalue weighted by molar-refractivity contribution is -0.136. The Morgan fingerprint density at radius 3 is 2.50 bits per heavy atom. The van der Waals surface area contributed by atoms with Crippen LogP contribution in [0.5, 0.6) is 0 Å². The summed E-state index contributed by atoms with van der Waals surface area (Å²) in [5, 5.41) is 11.5. The number of nitrogens with one attached hydrogen (secondary N) is 1. The molecule has 0 heterocycles. The molecule has 0 fully saturated rings. The minimum atomic E-state index is -0.825. The van der Waals surface area contributed by atoms with Crippen LogP contribution in [0.2, 0.25) is 0 Å². The van der Waals surface area contributed by atoms with Crippen LogP contribution in [0.3, 0.4) is 0 Å². The molecule has 1 rings (SSSR count). The molecule has 2 N–H and O–H groups in total. The van der Waals surface area contributed by atoms with Gasteiger partial charge in [0.1, 0.15) is 0 Å². The molecule has 0 aromatic heterocycles. The number of benzene rings is 1. The van der Waals surface area contributed by atoms with E-state index in [1.54, 1.807) is 0 Å². The van der Waals surface area contributed by atoms with Gasteiger partial charge in [0.2, 0.25) is 0 Å². The minimum absolute atomic E-state index is 0.00211. The van der Waals surface area contributed by atoms with Crippen molar-refractivity contribution in [2.24, 2.45) is 0 Å². The maximum Gasteiger partial charge on any atom is 0.317 e. The molecule has 0 aliphatic rings. The minimum Gasteiger partial charge on any atom is -0.480 e. The quantitative estimate of drug-likeness (QED) is 0.775. The molecule has 3 heteroatoms. The van der Waals surface area contributed by atoms with E-state index in [9.17, 15) is 4.79 Å². The highest BCUT2D eigenvalue weighted by atomic mass is 16.4. The Hall–Kier alpha value is -1.35. The number of carboxylic acids is 1. The van der Waals surface area contributed by atoms with Crippen LogP contribution in [-0.2, 0) is 11.2 Å². The molecule has 0 amide bonds. The standard InChI is InChI=1S/C13H19NO2/c1-3-4-11-5-7-12(8-6-11)10(2)14-9-13(15)16/h5-8,10,14H,3-4,9H2,1-2H3,(H,15,16). The zero-order valence-corrected chi connectivity index (χ0v) is 9.86. The summed E-state index contributed by atoms with van der Waals surface area (Å²) in [4.78, 5) is 10.4. The Morgan fingerprint density at radius 1 is 1.38 bits per heavy atom. The zero-order chi connectivity index (χ0) is 12.0. The van der Waals surface area contributed by atoms with E-state index in [4.69, 9.17) is 5.11 Å². The zero-order valence-electron chi connectivity index (χ0n) is 9.86. The van der Waals surface area contributed by atoms with Gasteiger partial charge in [-0.25, -0.2) is 0 Å². The van der Waals surface area contributed by atoms with Gasteiger partial charge in [-0.1, -0.05) is 37.6 Å². The fourth-order valence-electron chi connectivity index (χ4n) is 1.62. The highest BCUT2D eigenvalue weighted by molar-refractivity contribution is 5.69. The molecule has 0 saturated carbocycles. The van der Waals surface area contributed by atoms with Gasteiger partial charge in [0.25, 0.3) is 0 Å². The Labute approximate surface area is 96.5 Å². The lowest BCUT2D eigenvalue weighted by Crippen LogP contribution is -2.25. The number of aliphatic carboxylic acids is 1. The van der Waals surface area contributed by atoms with Gasteiger partial charge in [-0.15, -0.1) is 0 Å². The predicted octanol–water partition coefficient (Wildman–Crippen LogP) is 2.37. The topological polar surface area (TPSA) is 49.3 Å². The molecule has 1 atom stereocenters. The first-order valence-corrected chi connectivity index (χ1v) is 5.67. The van der Waals surface area contributed by atoms with Gasteiger partial charge in [-0.2, -0.15) is 0 Å². The lowest BCUT2D eigenvalue weighted by Gasteiger charge is -2.13. The van der Waals surface area contributed by atoms with E-state index in [1.165, 1.54) is 5.56 Å². The highest BCUT2D eigenvalue weighted by Gasteiger charge is 2.06. The van der Waals surface area contributed by atoms with Crippen molar-refractivity contribution in [3.8, 4) is 0 Å². The van der Waals surface area contributed by atoms with Crippen LogP contribution in [0.4, 0.5) is 0 Å². The van der Waals surface area contributed by atoms with Gasteiger partial charge < -0.3 is 10.4 Å². The van der Waals surface area contributed by atoms with Crippen molar-refractivity contribution >= 4 is 5.97 Å². The first-order chi connectivity index (χ1) is 7.63. The third-order valence-corrected chi connectivity index (χ3v) is 2.58. The summed E-state index contributed by atoms with van der Waals surface area (Å²) in [6.45, 7) is 4.13. The van der Waals surface area contributed by atoms with E-state index in [0.717, 1.165) is 18.4 Å². The van der Waals surface area contributed by atoms with Crippen molar-refractivity contribution < 1.29 is 9.90 Å². The highest BCUT2D eigenvalue weighted by Crippen LogP contribution is 2.13. The second-order valence-electron chi connectivity index (χ2n) is 3.99. The molecule has 88 valence electrons. The van der Waals surface area contributed by atoms with Gasteiger partial charge in [0, 0.05) is 6.04 Å². The monoisotopic (exact) mass is 221 g/mol. The Morgan fingerprint density at radius 2 is 2.00 bits per heavy atom. The maximum atomic E-state index is 10.4. The molecule has 0 bridgehead atoms. The average molecular weight is 221 g/mol. The third kappa shape index (κ3) is 4.03. The second kappa shape index (κ2) is 6.28. The molecule has 0 radical (unpaired) electrons. The van der Waals surface area contributed by atoms with Crippen molar-refractivity contribution in [3.05, 3.63) is 35.4 Å². The Bertz CT molecular complexity index is 332. The van der Waals surface area contributed by atoms with Crippen LogP contribution in [0.25, 0.3) is 0 Å². The van der Waals surface area contributed by atoms with E-state index < -0.39 is 5.97 Å². The number of aryl methyl sites for hydroxylation is 1. The number of carbonyl (C=O) groups is 1. The fourth-order valence-corrected chi connectivity index (χ4v) is 1.62. The van der Waals surface area contributed by atoms with Gasteiger partial charge in [-0.3, -0.25) is 4.79 Å². The molecule has 0 saturated heterocycles. The summed E-state index contributed by atoms with van der Waals surface area (Å²) in [5.41, 5.74) is 2.46. The summed E-state index contributed by atoms with van der Waals surface area (Å²) in [6.07, 6.45) is 2.24. The van der Waals surface area contributed by atoms with Gasteiger partial charge >= 0.3 is 5.97 Å². The number of hydrogen-bond donors (Lipinski definition) is 2. The summed E-state index contributed by atoms with van der Waals surface area (Å²) in [7, 11) is 0. The van der Waals surface area contributed by atoms with E-state index >= 15 is 0 Å². The molecule has 1 unspecified atom stereocenters. The number of hydrogen-bond acceptors (Lipinski definition) is 2. The van der Waals surface area contributed by atoms with Gasteiger partial charge in [0.05, 0.1) is 6.54 Å². The molecule has 1 aromatic rings. The van der Waals surface area contributed by atoms with E-state index in [0.29, 0.717) is 0 Å². The molecule has 0 aliphatic heterocycles. The van der Waals surface area contributed by atoms with Crippen LogP contribution < -0.4 is 5.32 Å². The largest absolute Gasteiger partial charge is 0.480 e. The Balaban J connectivity index is 2.55. The van der Waals surface area contributed by atoms with Crippen LogP contribution in [0, 0.1) is 0 Å². The molecule has 1 aromatic carbocycles. The summed E-state index contributed by atoms with van der Waals surface area (Å²) >= 11 is 0. The normalized spacial score (nSPS) is 12.4. The average Bonchev–Trinajstić information content (AvgIpc) is 2.27. The summed E-state index contributed by atoms with van der Waals surface area (Å²) in [5.74, 6) is -0.825. The van der Waals surface area contributed by atoms with Crippen LogP contribution in [-0.4, -0.2) is 17.6 Å². The number of rotatable bonds is 6. The van der Waals surface area contributed by atoms with Crippen molar-refractivity contribution in [1.29, 1.82) is 0 Å². The smallest absolute Gasteiger partial charge is 0.317 e. The first kappa shape index (κ1) is 12.7. The van der Waals surface area contributed by atoms with E-state index in [2.05, 4.69) is 36.5 Å². The molecule has 16 heavy (non-hydrogen) atoms. The lowest BCUT2D eigenvalue weighted by atomic mass is 10.0. The molecule has 3 nitrogen and oxygen atoms in total. The van der Waals surface area contributed by atoms with Crippen molar-refractivity contribution in [3.63, 3.8) is 0 Å². The predicted molar refractivity (Wildman–Crippen MR) is 64.5 cm³/mol. The van der Waals surface area contributed by atoms with E-state index in [-0.39, 0.29) is 12.6 Å². The molecule has 0 spiro atoms. The van der Waals surface area contributed by atoms with Gasteiger partial charge in [0.15, 0.2) is 0 Å². The van der Waals surface area contributed by atoms with Crippen molar-refractivity contribution in [2.45, 2.75) is 32.7 Å². The first-order valence-electron chi connectivity index (χ1n) is 5.67. The van der Waals surface area contributed by atoms with E-state index in [1.807, 2.05) is 6.92 Å². The number of carboxylic acid groups (broad SMARTS) is 1. The fraction of sp³-hybridized carbons (Fsp3) is 0.462. The SMILES string of the molecule is CCCc1ccc(C(C)NCC(=O)O)cc1. The Kier molecular flexibility index (Phi) is 4.99. The molecule has 0 aliphatic carbocycles. The molecular formula is C13H19NO2. The van der Waals surface area contributed by atoms with Crippen molar-refractivity contribution in [1.82, 2.24) is 5.32 Å².